The van der Waals surface area contributed by atoms with Gasteiger partial charge in [-0.15, -0.1) is 0 Å². The Hall–Kier alpha value is -1.26. The second kappa shape index (κ2) is 5.85. The molecule has 0 amide bonds. The van der Waals surface area contributed by atoms with Gasteiger partial charge in [-0.05, 0) is 43.9 Å². The zero-order chi connectivity index (χ0) is 14.9. The van der Waals surface area contributed by atoms with Gasteiger partial charge in [-0.2, -0.15) is 0 Å². The highest BCUT2D eigenvalue weighted by Gasteiger charge is 2.43. The highest BCUT2D eigenvalue weighted by atomic mass is 16.5. The largest absolute Gasteiger partial charge is 0.493 e. The van der Waals surface area contributed by atoms with Crippen LogP contribution < -0.4 is 15.2 Å². The Morgan fingerprint density at radius 2 is 2.14 bits per heavy atom. The van der Waals surface area contributed by atoms with Crippen molar-refractivity contribution in [2.24, 2.45) is 5.73 Å². The van der Waals surface area contributed by atoms with E-state index >= 15 is 0 Å². The Labute approximate surface area is 126 Å². The van der Waals surface area contributed by atoms with Gasteiger partial charge in [0.15, 0.2) is 11.5 Å². The predicted octanol–water partition coefficient (Wildman–Crippen LogP) is 3.20. The van der Waals surface area contributed by atoms with E-state index in [9.17, 15) is 0 Å². The molecule has 1 aliphatic heterocycles. The van der Waals surface area contributed by atoms with Gasteiger partial charge in [-0.25, -0.2) is 0 Å². The molecule has 1 aliphatic carbocycles. The van der Waals surface area contributed by atoms with Crippen LogP contribution >= 0.6 is 0 Å². The van der Waals surface area contributed by atoms with Crippen molar-refractivity contribution in [1.29, 1.82) is 0 Å². The highest BCUT2D eigenvalue weighted by Crippen LogP contribution is 2.43. The minimum atomic E-state index is -0.00530. The molecule has 0 aromatic heterocycles. The van der Waals surface area contributed by atoms with Crippen LogP contribution in [0.2, 0.25) is 0 Å². The van der Waals surface area contributed by atoms with Gasteiger partial charge in [0.25, 0.3) is 0 Å². The molecule has 116 valence electrons. The van der Waals surface area contributed by atoms with E-state index in [1.54, 1.807) is 7.11 Å². The number of methoxy groups -OCH3 is 1. The number of rotatable bonds is 4. The molecule has 21 heavy (non-hydrogen) atoms. The molecule has 1 aromatic rings. The van der Waals surface area contributed by atoms with Crippen LogP contribution in [0.25, 0.3) is 0 Å². The molecule has 1 spiro atoms. The zero-order valence-electron chi connectivity index (χ0n) is 12.9. The van der Waals surface area contributed by atoms with Gasteiger partial charge >= 0.3 is 0 Å². The number of nitrogens with two attached hydrogens (primary N) is 1. The first-order valence-electron chi connectivity index (χ1n) is 7.86. The van der Waals surface area contributed by atoms with Crippen LogP contribution in [0.3, 0.4) is 0 Å². The summed E-state index contributed by atoms with van der Waals surface area (Å²) in [5.41, 5.74) is 7.08. The lowest BCUT2D eigenvalue weighted by Gasteiger charge is -2.46. The number of ether oxygens (including phenoxy) is 3. The summed E-state index contributed by atoms with van der Waals surface area (Å²) < 4.78 is 17.6. The third kappa shape index (κ3) is 3.01. The lowest BCUT2D eigenvalue weighted by atomic mass is 9.74. The first-order chi connectivity index (χ1) is 10.1. The average molecular weight is 291 g/mol. The van der Waals surface area contributed by atoms with E-state index in [2.05, 4.69) is 0 Å². The van der Waals surface area contributed by atoms with Gasteiger partial charge < -0.3 is 19.9 Å². The van der Waals surface area contributed by atoms with E-state index in [1.807, 2.05) is 25.1 Å². The lowest BCUT2D eigenvalue weighted by Crippen LogP contribution is -2.48. The van der Waals surface area contributed by atoms with Crippen molar-refractivity contribution in [2.75, 3.05) is 13.7 Å². The van der Waals surface area contributed by atoms with Crippen LogP contribution in [0.15, 0.2) is 18.2 Å². The third-order valence-corrected chi connectivity index (χ3v) is 4.72. The Kier molecular flexibility index (Phi) is 4.09. The first-order valence-corrected chi connectivity index (χ1v) is 7.86. The standard InChI is InChI=1S/C17H25NO3/c1-12(18)13-4-5-15(16(10-13)19-2)21-14-6-9-20-17(11-14)7-3-8-17/h4-5,10,12,14H,3,6-9,11,18H2,1-2H3/t12-,14?/m1/s1. The minimum Gasteiger partial charge on any atom is -0.493 e. The molecule has 0 radical (unpaired) electrons. The molecule has 1 saturated carbocycles. The maximum Gasteiger partial charge on any atom is 0.161 e. The molecule has 1 unspecified atom stereocenters. The molecule has 4 heteroatoms. The van der Waals surface area contributed by atoms with Crippen molar-refractivity contribution in [3.8, 4) is 11.5 Å². The van der Waals surface area contributed by atoms with Crippen molar-refractivity contribution in [3.63, 3.8) is 0 Å². The molecule has 2 fully saturated rings. The molecule has 1 aromatic carbocycles. The summed E-state index contributed by atoms with van der Waals surface area (Å²) in [5, 5.41) is 0. The fourth-order valence-electron chi connectivity index (χ4n) is 3.25. The van der Waals surface area contributed by atoms with Crippen molar-refractivity contribution < 1.29 is 14.2 Å². The summed E-state index contributed by atoms with van der Waals surface area (Å²) in [5.74, 6) is 1.57. The predicted molar refractivity (Wildman–Crippen MR) is 81.8 cm³/mol. The number of hydrogen-bond acceptors (Lipinski definition) is 4. The maximum atomic E-state index is 6.20. The molecule has 1 heterocycles. The SMILES string of the molecule is COc1cc([C@@H](C)N)ccc1OC1CCOC2(CCC2)C1. The summed E-state index contributed by atoms with van der Waals surface area (Å²) in [7, 11) is 1.67. The van der Waals surface area contributed by atoms with Gasteiger partial charge in [0, 0.05) is 18.9 Å². The molecule has 4 nitrogen and oxygen atoms in total. The average Bonchev–Trinajstić information content (AvgIpc) is 2.46. The van der Waals surface area contributed by atoms with E-state index < -0.39 is 0 Å². The topological polar surface area (TPSA) is 53.7 Å². The van der Waals surface area contributed by atoms with Gasteiger partial charge in [0.1, 0.15) is 6.10 Å². The maximum absolute atomic E-state index is 6.20. The summed E-state index contributed by atoms with van der Waals surface area (Å²) in [6.45, 7) is 2.76. The fourth-order valence-corrected chi connectivity index (χ4v) is 3.25. The van der Waals surface area contributed by atoms with E-state index in [-0.39, 0.29) is 17.7 Å². The summed E-state index contributed by atoms with van der Waals surface area (Å²) in [4.78, 5) is 0. The summed E-state index contributed by atoms with van der Waals surface area (Å²) >= 11 is 0. The normalized spacial score (nSPS) is 25.2. The number of benzene rings is 1. The molecule has 2 N–H and O–H groups in total. The van der Waals surface area contributed by atoms with Crippen LogP contribution in [0.1, 0.15) is 50.6 Å². The minimum absolute atomic E-state index is 0.00530. The quantitative estimate of drug-likeness (QED) is 0.925. The summed E-state index contributed by atoms with van der Waals surface area (Å²) in [6.07, 6.45) is 5.78. The van der Waals surface area contributed by atoms with Crippen LogP contribution in [-0.2, 0) is 4.74 Å². The molecule has 2 atom stereocenters. The molecular formula is C17H25NO3. The second-order valence-corrected chi connectivity index (χ2v) is 6.32. The molecule has 3 rings (SSSR count). The smallest absolute Gasteiger partial charge is 0.161 e. The van der Waals surface area contributed by atoms with E-state index in [0.717, 1.165) is 36.5 Å². The Balaban J connectivity index is 1.72. The van der Waals surface area contributed by atoms with Crippen LogP contribution in [0.5, 0.6) is 11.5 Å². The second-order valence-electron chi connectivity index (χ2n) is 6.32. The Bertz CT molecular complexity index is 497. The van der Waals surface area contributed by atoms with Crippen molar-refractivity contribution in [3.05, 3.63) is 23.8 Å². The van der Waals surface area contributed by atoms with Crippen molar-refractivity contribution in [1.82, 2.24) is 0 Å². The third-order valence-electron chi connectivity index (χ3n) is 4.72. The van der Waals surface area contributed by atoms with Crippen LogP contribution in [0, 0.1) is 0 Å². The van der Waals surface area contributed by atoms with E-state index in [4.69, 9.17) is 19.9 Å². The molecule has 0 bridgehead atoms. The van der Waals surface area contributed by atoms with Gasteiger partial charge in [-0.3, -0.25) is 0 Å². The Morgan fingerprint density at radius 3 is 2.76 bits per heavy atom. The molecule has 2 aliphatic rings. The van der Waals surface area contributed by atoms with Crippen molar-refractivity contribution in [2.45, 2.75) is 56.8 Å². The monoisotopic (exact) mass is 291 g/mol. The summed E-state index contributed by atoms with van der Waals surface area (Å²) in [6, 6.07) is 5.95. The zero-order valence-corrected chi connectivity index (χ0v) is 12.9. The van der Waals surface area contributed by atoms with E-state index in [1.165, 1.54) is 19.3 Å². The number of hydrogen-bond donors (Lipinski definition) is 1. The van der Waals surface area contributed by atoms with Crippen LogP contribution in [0.4, 0.5) is 0 Å². The van der Waals surface area contributed by atoms with Crippen LogP contribution in [-0.4, -0.2) is 25.4 Å². The highest BCUT2D eigenvalue weighted by molar-refractivity contribution is 5.43. The van der Waals surface area contributed by atoms with E-state index in [0.29, 0.717) is 0 Å². The Morgan fingerprint density at radius 1 is 1.33 bits per heavy atom. The van der Waals surface area contributed by atoms with Gasteiger partial charge in [0.2, 0.25) is 0 Å². The lowest BCUT2D eigenvalue weighted by molar-refractivity contribution is -0.153. The first kappa shape index (κ1) is 14.7. The van der Waals surface area contributed by atoms with Gasteiger partial charge in [-0.1, -0.05) is 6.07 Å². The molecular weight excluding hydrogens is 266 g/mol. The molecule has 1 saturated heterocycles. The van der Waals surface area contributed by atoms with Gasteiger partial charge in [0.05, 0.1) is 19.3 Å². The fraction of sp³-hybridized carbons (Fsp3) is 0.647. The van der Waals surface area contributed by atoms with Crippen molar-refractivity contribution >= 4 is 0 Å².